The van der Waals surface area contributed by atoms with E-state index < -0.39 is 16.8 Å². The van der Waals surface area contributed by atoms with Crippen molar-refractivity contribution in [1.29, 1.82) is 0 Å². The lowest BCUT2D eigenvalue weighted by Gasteiger charge is -2.03. The third kappa shape index (κ3) is 1.94. The van der Waals surface area contributed by atoms with Crippen molar-refractivity contribution in [2.75, 3.05) is 0 Å². The largest absolute Gasteiger partial charge is 0.385 e. The Morgan fingerprint density at radius 3 is 2.57 bits per heavy atom. The quantitative estimate of drug-likeness (QED) is 0.445. The molecule has 0 aliphatic heterocycles. The SMILES string of the molecule is CC(O)C(=O)c1ccccc1[N+](=O)[O-]. The third-order valence-electron chi connectivity index (χ3n) is 1.75. The van der Waals surface area contributed by atoms with Crippen LogP contribution < -0.4 is 0 Å². The van der Waals surface area contributed by atoms with Crippen LogP contribution in [0.5, 0.6) is 0 Å². The van der Waals surface area contributed by atoms with Gasteiger partial charge < -0.3 is 5.11 Å². The summed E-state index contributed by atoms with van der Waals surface area (Å²) >= 11 is 0. The number of hydrogen-bond acceptors (Lipinski definition) is 4. The van der Waals surface area contributed by atoms with Crippen molar-refractivity contribution < 1.29 is 14.8 Å². The van der Waals surface area contributed by atoms with Crippen molar-refractivity contribution in [2.45, 2.75) is 13.0 Å². The second-order valence-corrected chi connectivity index (χ2v) is 2.81. The van der Waals surface area contributed by atoms with Gasteiger partial charge in [-0.15, -0.1) is 0 Å². The van der Waals surface area contributed by atoms with Gasteiger partial charge in [-0.1, -0.05) is 12.1 Å². The van der Waals surface area contributed by atoms with Gasteiger partial charge in [0.15, 0.2) is 5.78 Å². The molecule has 1 rings (SSSR count). The first kappa shape index (κ1) is 10.3. The standard InChI is InChI=1S/C9H9NO4/c1-6(11)9(12)7-4-2-3-5-8(7)10(13)14/h2-6,11H,1H3. The van der Waals surface area contributed by atoms with Crippen molar-refractivity contribution in [3.63, 3.8) is 0 Å². The van der Waals surface area contributed by atoms with Crippen LogP contribution in [0.3, 0.4) is 0 Å². The van der Waals surface area contributed by atoms with E-state index in [2.05, 4.69) is 0 Å². The van der Waals surface area contributed by atoms with E-state index in [4.69, 9.17) is 5.11 Å². The van der Waals surface area contributed by atoms with Crippen LogP contribution in [0.25, 0.3) is 0 Å². The molecule has 1 atom stereocenters. The second kappa shape index (κ2) is 3.97. The Morgan fingerprint density at radius 1 is 1.50 bits per heavy atom. The number of ketones is 1. The number of aliphatic hydroxyl groups is 1. The molecule has 0 fully saturated rings. The van der Waals surface area contributed by atoms with Gasteiger partial charge in [-0.2, -0.15) is 0 Å². The summed E-state index contributed by atoms with van der Waals surface area (Å²) in [5.41, 5.74) is -0.342. The summed E-state index contributed by atoms with van der Waals surface area (Å²) in [6.07, 6.45) is -1.23. The predicted molar refractivity (Wildman–Crippen MR) is 49.1 cm³/mol. The zero-order valence-corrected chi connectivity index (χ0v) is 7.51. The molecule has 0 bridgehead atoms. The van der Waals surface area contributed by atoms with Crippen molar-refractivity contribution in [2.24, 2.45) is 0 Å². The molecule has 0 saturated carbocycles. The smallest absolute Gasteiger partial charge is 0.280 e. The second-order valence-electron chi connectivity index (χ2n) is 2.81. The molecule has 5 nitrogen and oxygen atoms in total. The first-order valence-corrected chi connectivity index (χ1v) is 3.99. The maximum atomic E-state index is 11.3. The number of Topliss-reactive ketones (excluding diaryl/α,β-unsaturated/α-hetero) is 1. The number of nitrogens with zero attached hydrogens (tertiary/aromatic N) is 1. The van der Waals surface area contributed by atoms with Gasteiger partial charge in [-0.05, 0) is 13.0 Å². The van der Waals surface area contributed by atoms with E-state index in [0.29, 0.717) is 0 Å². The van der Waals surface area contributed by atoms with Crippen molar-refractivity contribution in [3.05, 3.63) is 39.9 Å². The van der Waals surface area contributed by atoms with E-state index in [1.165, 1.54) is 31.2 Å². The number of hydrogen-bond donors (Lipinski definition) is 1. The molecule has 0 amide bonds. The van der Waals surface area contributed by atoms with Crippen LogP contribution in [0.15, 0.2) is 24.3 Å². The van der Waals surface area contributed by atoms with E-state index in [9.17, 15) is 14.9 Å². The average molecular weight is 195 g/mol. The molecule has 0 aliphatic carbocycles. The normalized spacial score (nSPS) is 12.1. The molecular formula is C9H9NO4. The van der Waals surface area contributed by atoms with Crippen LogP contribution in [0.4, 0.5) is 5.69 Å². The molecule has 14 heavy (non-hydrogen) atoms. The minimum absolute atomic E-state index is 0.0625. The Balaban J connectivity index is 3.20. The van der Waals surface area contributed by atoms with Crippen LogP contribution in [-0.4, -0.2) is 21.9 Å². The molecule has 0 radical (unpaired) electrons. The number of aliphatic hydroxyl groups excluding tert-OH is 1. The zero-order valence-electron chi connectivity index (χ0n) is 7.51. The van der Waals surface area contributed by atoms with Gasteiger partial charge in [0, 0.05) is 6.07 Å². The number of carbonyl (C=O) groups excluding carboxylic acids is 1. The molecule has 0 spiro atoms. The Labute approximate surface area is 80.1 Å². The van der Waals surface area contributed by atoms with Gasteiger partial charge in [0.2, 0.25) is 0 Å². The van der Waals surface area contributed by atoms with Crippen molar-refractivity contribution >= 4 is 11.5 Å². The summed E-state index contributed by atoms with van der Waals surface area (Å²) in [4.78, 5) is 21.2. The highest BCUT2D eigenvalue weighted by Gasteiger charge is 2.21. The van der Waals surface area contributed by atoms with Crippen LogP contribution in [0, 0.1) is 10.1 Å². The van der Waals surface area contributed by atoms with Gasteiger partial charge in [-0.3, -0.25) is 14.9 Å². The van der Waals surface area contributed by atoms with Gasteiger partial charge in [0.25, 0.3) is 5.69 Å². The third-order valence-corrected chi connectivity index (χ3v) is 1.75. The van der Waals surface area contributed by atoms with Gasteiger partial charge in [0.05, 0.1) is 10.5 Å². The Kier molecular flexibility index (Phi) is 2.93. The molecule has 5 heteroatoms. The molecule has 1 aromatic rings. The lowest BCUT2D eigenvalue weighted by molar-refractivity contribution is -0.385. The number of nitro groups is 1. The Hall–Kier alpha value is -1.75. The molecule has 1 aromatic carbocycles. The van der Waals surface area contributed by atoms with Crippen LogP contribution in [0.1, 0.15) is 17.3 Å². The minimum atomic E-state index is -1.23. The van der Waals surface area contributed by atoms with Crippen LogP contribution in [0.2, 0.25) is 0 Å². The lowest BCUT2D eigenvalue weighted by Crippen LogP contribution is -2.17. The zero-order chi connectivity index (χ0) is 10.7. The highest BCUT2D eigenvalue weighted by Crippen LogP contribution is 2.18. The number of nitro benzene ring substituents is 1. The maximum Gasteiger partial charge on any atom is 0.280 e. The molecule has 0 saturated heterocycles. The van der Waals surface area contributed by atoms with E-state index in [0.717, 1.165) is 0 Å². The molecular weight excluding hydrogens is 186 g/mol. The monoisotopic (exact) mass is 195 g/mol. The predicted octanol–water partition coefficient (Wildman–Crippen LogP) is 1.16. The first-order valence-electron chi connectivity index (χ1n) is 3.99. The van der Waals surface area contributed by atoms with Gasteiger partial charge in [0.1, 0.15) is 6.10 Å². The summed E-state index contributed by atoms with van der Waals surface area (Å²) in [5.74, 6) is -0.641. The summed E-state index contributed by atoms with van der Waals surface area (Å²) in [6.45, 7) is 1.28. The molecule has 0 aromatic heterocycles. The molecule has 0 aliphatic rings. The summed E-state index contributed by atoms with van der Waals surface area (Å²) in [7, 11) is 0. The lowest BCUT2D eigenvalue weighted by atomic mass is 10.1. The van der Waals surface area contributed by atoms with Crippen LogP contribution >= 0.6 is 0 Å². The van der Waals surface area contributed by atoms with E-state index in [-0.39, 0.29) is 11.3 Å². The number of para-hydroxylation sites is 1. The fourth-order valence-corrected chi connectivity index (χ4v) is 1.07. The topological polar surface area (TPSA) is 80.4 Å². The first-order chi connectivity index (χ1) is 6.54. The number of rotatable bonds is 3. The molecule has 74 valence electrons. The minimum Gasteiger partial charge on any atom is -0.385 e. The maximum absolute atomic E-state index is 11.3. The molecule has 1 N–H and O–H groups in total. The van der Waals surface area contributed by atoms with Crippen LogP contribution in [-0.2, 0) is 0 Å². The van der Waals surface area contributed by atoms with E-state index in [1.807, 2.05) is 0 Å². The van der Waals surface area contributed by atoms with E-state index in [1.54, 1.807) is 0 Å². The summed E-state index contributed by atoms with van der Waals surface area (Å²) < 4.78 is 0. The molecule has 0 heterocycles. The van der Waals surface area contributed by atoms with Gasteiger partial charge >= 0.3 is 0 Å². The van der Waals surface area contributed by atoms with Crippen molar-refractivity contribution in [3.8, 4) is 0 Å². The Morgan fingerprint density at radius 2 is 2.07 bits per heavy atom. The molecule has 1 unspecified atom stereocenters. The van der Waals surface area contributed by atoms with Crippen molar-refractivity contribution in [1.82, 2.24) is 0 Å². The fourth-order valence-electron chi connectivity index (χ4n) is 1.07. The van der Waals surface area contributed by atoms with Gasteiger partial charge in [-0.25, -0.2) is 0 Å². The highest BCUT2D eigenvalue weighted by molar-refractivity contribution is 6.02. The Bertz CT molecular complexity index is 373. The average Bonchev–Trinajstić information content (AvgIpc) is 2.16. The number of carbonyl (C=O) groups is 1. The highest BCUT2D eigenvalue weighted by atomic mass is 16.6. The fraction of sp³-hybridized carbons (Fsp3) is 0.222. The summed E-state index contributed by atoms with van der Waals surface area (Å²) in [5, 5.41) is 19.5. The van der Waals surface area contributed by atoms with E-state index >= 15 is 0 Å². The number of benzene rings is 1. The summed E-state index contributed by atoms with van der Waals surface area (Å²) in [6, 6.07) is 5.54.